The highest BCUT2D eigenvalue weighted by Gasteiger charge is 2.35. The third-order valence-electron chi connectivity index (χ3n) is 6.48. The number of thiophene rings is 1. The molecule has 2 aliphatic carbocycles. The molecule has 35 heavy (non-hydrogen) atoms. The largest absolute Gasteiger partial charge is 0.462 e. The van der Waals surface area contributed by atoms with E-state index in [9.17, 15) is 18.4 Å². The molecular formula is C23H26F2N6O3S. The molecule has 3 aromatic rings. The van der Waals surface area contributed by atoms with E-state index in [0.717, 1.165) is 41.0 Å². The summed E-state index contributed by atoms with van der Waals surface area (Å²) in [7, 11) is 1.57. The van der Waals surface area contributed by atoms with Gasteiger partial charge in [0.1, 0.15) is 23.6 Å². The van der Waals surface area contributed by atoms with E-state index in [0.29, 0.717) is 23.8 Å². The number of anilines is 2. The van der Waals surface area contributed by atoms with Crippen LogP contribution in [-0.4, -0.2) is 42.9 Å². The zero-order valence-corrected chi connectivity index (χ0v) is 20.3. The molecule has 0 unspecified atom stereocenters. The van der Waals surface area contributed by atoms with E-state index in [2.05, 4.69) is 20.6 Å². The number of nitrogens with zero attached hydrogens (tertiary/aromatic N) is 5. The van der Waals surface area contributed by atoms with Crippen molar-refractivity contribution in [2.45, 2.75) is 57.9 Å². The molecule has 1 atom stereocenters. The molecule has 3 heterocycles. The molecule has 0 aliphatic heterocycles. The maximum atomic E-state index is 13.0. The Morgan fingerprint density at radius 2 is 2.11 bits per heavy atom. The molecule has 1 fully saturated rings. The molecule has 3 aromatic heterocycles. The van der Waals surface area contributed by atoms with Gasteiger partial charge in [-0.15, -0.1) is 21.5 Å². The van der Waals surface area contributed by atoms with Crippen LogP contribution in [0.1, 0.15) is 70.0 Å². The Morgan fingerprint density at radius 1 is 1.31 bits per heavy atom. The first-order chi connectivity index (χ1) is 16.9. The van der Waals surface area contributed by atoms with Gasteiger partial charge in [-0.05, 0) is 44.6 Å². The summed E-state index contributed by atoms with van der Waals surface area (Å²) in [5.74, 6) is 0.699. The van der Waals surface area contributed by atoms with Gasteiger partial charge in [-0.25, -0.2) is 13.6 Å². The normalized spacial score (nSPS) is 17.5. The summed E-state index contributed by atoms with van der Waals surface area (Å²) in [5, 5.41) is 15.0. The number of hydrogen-bond donors (Lipinski definition) is 1. The number of fused-ring (bicyclic) bond motifs is 1. The summed E-state index contributed by atoms with van der Waals surface area (Å²) in [6.07, 6.45) is 3.13. The van der Waals surface area contributed by atoms with Gasteiger partial charge >= 0.3 is 5.97 Å². The van der Waals surface area contributed by atoms with Crippen LogP contribution >= 0.6 is 11.3 Å². The van der Waals surface area contributed by atoms with E-state index in [4.69, 9.17) is 4.74 Å². The molecule has 5 rings (SSSR count). The summed E-state index contributed by atoms with van der Waals surface area (Å²) in [6, 6.07) is 1.22. The quantitative estimate of drug-likeness (QED) is 0.436. The van der Waals surface area contributed by atoms with Crippen LogP contribution in [0.25, 0.3) is 0 Å². The van der Waals surface area contributed by atoms with Crippen molar-refractivity contribution in [3.05, 3.63) is 39.0 Å². The van der Waals surface area contributed by atoms with Crippen LogP contribution in [0.2, 0.25) is 0 Å². The van der Waals surface area contributed by atoms with Crippen molar-refractivity contribution in [1.29, 1.82) is 0 Å². The first-order valence-electron chi connectivity index (χ1n) is 11.7. The molecule has 0 amide bonds. The minimum absolute atomic E-state index is 0.0578. The third kappa shape index (κ3) is 4.71. The van der Waals surface area contributed by atoms with Gasteiger partial charge in [0.2, 0.25) is 5.95 Å². The fourth-order valence-electron chi connectivity index (χ4n) is 4.56. The van der Waals surface area contributed by atoms with Crippen LogP contribution in [0, 0.1) is 5.92 Å². The lowest BCUT2D eigenvalue weighted by molar-refractivity contribution is -0.119. The van der Waals surface area contributed by atoms with E-state index in [1.54, 1.807) is 31.6 Å². The highest BCUT2D eigenvalue weighted by Crippen LogP contribution is 2.41. The summed E-state index contributed by atoms with van der Waals surface area (Å²) < 4.78 is 34.6. The van der Waals surface area contributed by atoms with Gasteiger partial charge < -0.3 is 10.1 Å². The molecule has 12 heteroatoms. The van der Waals surface area contributed by atoms with Crippen molar-refractivity contribution < 1.29 is 23.1 Å². The maximum absolute atomic E-state index is 13.0. The van der Waals surface area contributed by atoms with Gasteiger partial charge in [0.15, 0.2) is 0 Å². The van der Waals surface area contributed by atoms with Crippen LogP contribution in [0.15, 0.2) is 12.4 Å². The average molecular weight is 505 g/mol. The summed E-state index contributed by atoms with van der Waals surface area (Å²) in [6.45, 7) is 2.02. The van der Waals surface area contributed by atoms with Crippen LogP contribution in [0.4, 0.5) is 20.5 Å². The lowest BCUT2D eigenvalue weighted by atomic mass is 9.90. The van der Waals surface area contributed by atoms with Gasteiger partial charge in [0.25, 0.3) is 6.43 Å². The van der Waals surface area contributed by atoms with Gasteiger partial charge in [0.05, 0.1) is 12.2 Å². The van der Waals surface area contributed by atoms with E-state index in [1.807, 2.05) is 4.57 Å². The van der Waals surface area contributed by atoms with Gasteiger partial charge in [-0.3, -0.25) is 14.0 Å². The zero-order valence-electron chi connectivity index (χ0n) is 19.5. The van der Waals surface area contributed by atoms with E-state index in [1.165, 1.54) is 10.7 Å². The van der Waals surface area contributed by atoms with Crippen LogP contribution < -0.4 is 5.32 Å². The average Bonchev–Trinajstić information content (AvgIpc) is 3.31. The number of alkyl halides is 2. The molecule has 0 radical (unpaired) electrons. The van der Waals surface area contributed by atoms with Crippen molar-refractivity contribution in [2.24, 2.45) is 13.0 Å². The Kier molecular flexibility index (Phi) is 6.39. The number of Topliss-reactive ketones (excluding diaryl/α,β-unsaturated/α-hetero) is 1. The number of aryl methyl sites for hydroxylation is 2. The SMILES string of the molecule is CCOC(=O)c1c(CC(=O)C2CC2)sc2c1C[C@@H](n1cnnc1Nc1cc(C(F)F)nn1C)CC2. The van der Waals surface area contributed by atoms with Crippen molar-refractivity contribution in [1.82, 2.24) is 24.5 Å². The standard InChI is InChI=1S/C23H26F2N6O3S/c1-3-34-22(33)20-14-8-13(6-7-17(14)35-18(20)10-16(32)12-4-5-12)31-11-26-28-23(31)27-19-9-15(21(24)25)29-30(19)2/h9,11-13,21H,3-8,10H2,1-2H3,(H,27,28)/t13-/m0/s1. The fourth-order valence-corrected chi connectivity index (χ4v) is 5.91. The van der Waals surface area contributed by atoms with E-state index in [-0.39, 0.29) is 42.4 Å². The fraction of sp³-hybridized carbons (Fsp3) is 0.522. The first kappa shape index (κ1) is 23.6. The maximum Gasteiger partial charge on any atom is 0.339 e. The van der Waals surface area contributed by atoms with Crippen LogP contribution in [0.3, 0.4) is 0 Å². The molecule has 2 aliphatic rings. The lowest BCUT2D eigenvalue weighted by Crippen LogP contribution is -2.21. The molecular weight excluding hydrogens is 478 g/mol. The number of esters is 1. The Labute approximate surface area is 204 Å². The topological polar surface area (TPSA) is 104 Å². The number of hydrogen-bond acceptors (Lipinski definition) is 8. The molecule has 0 bridgehead atoms. The smallest absolute Gasteiger partial charge is 0.339 e. The Morgan fingerprint density at radius 3 is 2.80 bits per heavy atom. The van der Waals surface area contributed by atoms with Crippen LogP contribution in [-0.2, 0) is 35.8 Å². The number of ether oxygens (including phenoxy) is 1. The molecule has 0 spiro atoms. The molecule has 1 N–H and O–H groups in total. The number of halogens is 2. The predicted molar refractivity (Wildman–Crippen MR) is 124 cm³/mol. The van der Waals surface area contributed by atoms with E-state index < -0.39 is 6.43 Å². The molecule has 1 saturated carbocycles. The highest BCUT2D eigenvalue weighted by molar-refractivity contribution is 7.12. The minimum Gasteiger partial charge on any atom is -0.462 e. The van der Waals surface area contributed by atoms with Crippen molar-refractivity contribution >= 4 is 34.9 Å². The first-order valence-corrected chi connectivity index (χ1v) is 12.5. The molecule has 186 valence electrons. The lowest BCUT2D eigenvalue weighted by Gasteiger charge is -2.25. The Balaban J connectivity index is 1.41. The Hall–Kier alpha value is -3.15. The summed E-state index contributed by atoms with van der Waals surface area (Å²) >= 11 is 1.54. The van der Waals surface area contributed by atoms with Crippen molar-refractivity contribution in [2.75, 3.05) is 11.9 Å². The number of ketones is 1. The number of aromatic nitrogens is 5. The minimum atomic E-state index is -2.67. The third-order valence-corrected chi connectivity index (χ3v) is 7.78. The van der Waals surface area contributed by atoms with Gasteiger partial charge in [0, 0.05) is 41.2 Å². The van der Waals surface area contributed by atoms with Gasteiger partial charge in [-0.2, -0.15) is 5.10 Å². The second-order valence-electron chi connectivity index (χ2n) is 8.90. The number of nitrogens with one attached hydrogen (secondary N) is 1. The summed E-state index contributed by atoms with van der Waals surface area (Å²) in [5.41, 5.74) is 1.12. The summed E-state index contributed by atoms with van der Waals surface area (Å²) in [4.78, 5) is 27.4. The number of carbonyl (C=O) groups excluding carboxylic acids is 2. The molecule has 0 aromatic carbocycles. The Bertz CT molecular complexity index is 1260. The number of rotatable bonds is 9. The molecule has 9 nitrogen and oxygen atoms in total. The van der Waals surface area contributed by atoms with Crippen LogP contribution in [0.5, 0.6) is 0 Å². The second-order valence-corrected chi connectivity index (χ2v) is 10.1. The van der Waals surface area contributed by atoms with Gasteiger partial charge in [-0.1, -0.05) is 0 Å². The monoisotopic (exact) mass is 504 g/mol. The van der Waals surface area contributed by atoms with Crippen molar-refractivity contribution in [3.63, 3.8) is 0 Å². The van der Waals surface area contributed by atoms with Crippen molar-refractivity contribution in [3.8, 4) is 0 Å². The second kappa shape index (κ2) is 9.48. The number of carbonyl (C=O) groups is 2. The molecule has 0 saturated heterocycles. The van der Waals surface area contributed by atoms with E-state index >= 15 is 0 Å². The predicted octanol–water partition coefficient (Wildman–Crippen LogP) is 4.18. The highest BCUT2D eigenvalue weighted by atomic mass is 32.1. The zero-order chi connectivity index (χ0) is 24.7.